The van der Waals surface area contributed by atoms with Crippen molar-refractivity contribution in [3.63, 3.8) is 0 Å². The second-order valence-corrected chi connectivity index (χ2v) is 6.74. The second-order valence-electron chi connectivity index (χ2n) is 6.74. The van der Waals surface area contributed by atoms with Gasteiger partial charge in [0.05, 0.1) is 6.10 Å². The fraction of sp³-hybridized carbons (Fsp3) is 0.700. The normalized spacial score (nSPS) is 21.7. The van der Waals surface area contributed by atoms with Gasteiger partial charge >= 0.3 is 5.97 Å². The summed E-state index contributed by atoms with van der Waals surface area (Å²) in [5, 5.41) is 18.6. The molecule has 0 aromatic heterocycles. The average molecular weight is 336 g/mol. The number of carbonyl (C=O) groups is 2. The molecular formula is C20H32O4. The molecule has 0 unspecified atom stereocenters. The molecule has 4 nitrogen and oxygen atoms in total. The molecule has 0 fully saturated rings. The molecule has 3 atom stereocenters. The molecule has 1 aliphatic carbocycles. The van der Waals surface area contributed by atoms with Crippen molar-refractivity contribution in [2.24, 2.45) is 11.8 Å². The molecule has 0 aromatic carbocycles. The Bertz CT molecular complexity index is 439. The van der Waals surface area contributed by atoms with E-state index in [1.165, 1.54) is 0 Å². The minimum absolute atomic E-state index is 0.0106. The van der Waals surface area contributed by atoms with Gasteiger partial charge < -0.3 is 10.2 Å². The van der Waals surface area contributed by atoms with Gasteiger partial charge in [0.25, 0.3) is 0 Å². The Hall–Kier alpha value is -1.42. The Kier molecular flexibility index (Phi) is 10.3. The molecule has 1 aliphatic rings. The van der Waals surface area contributed by atoms with Crippen LogP contribution in [0.25, 0.3) is 0 Å². The highest BCUT2D eigenvalue weighted by atomic mass is 16.4. The van der Waals surface area contributed by atoms with Gasteiger partial charge in [0.15, 0.2) is 5.78 Å². The third kappa shape index (κ3) is 8.44. The zero-order chi connectivity index (χ0) is 17.8. The fourth-order valence-corrected chi connectivity index (χ4v) is 3.14. The summed E-state index contributed by atoms with van der Waals surface area (Å²) in [5.41, 5.74) is 0. The van der Waals surface area contributed by atoms with Crippen LogP contribution in [0.2, 0.25) is 0 Å². The van der Waals surface area contributed by atoms with Crippen molar-refractivity contribution in [3.8, 4) is 0 Å². The lowest BCUT2D eigenvalue weighted by Gasteiger charge is -2.15. The van der Waals surface area contributed by atoms with Gasteiger partial charge in [-0.1, -0.05) is 63.7 Å². The Balaban J connectivity index is 2.29. The molecule has 0 saturated carbocycles. The summed E-state index contributed by atoms with van der Waals surface area (Å²) in [5.74, 6) is -0.482. The zero-order valence-electron chi connectivity index (χ0n) is 14.8. The van der Waals surface area contributed by atoms with Gasteiger partial charge in [0.1, 0.15) is 0 Å². The number of aliphatic hydroxyl groups excluding tert-OH is 1. The lowest BCUT2D eigenvalue weighted by molar-refractivity contribution is -0.137. The summed E-state index contributed by atoms with van der Waals surface area (Å²) in [4.78, 5) is 22.4. The summed E-state index contributed by atoms with van der Waals surface area (Å²) >= 11 is 0. The highest BCUT2D eigenvalue weighted by Gasteiger charge is 2.27. The van der Waals surface area contributed by atoms with Crippen LogP contribution in [0, 0.1) is 11.8 Å². The van der Waals surface area contributed by atoms with Crippen LogP contribution in [0.5, 0.6) is 0 Å². The lowest BCUT2D eigenvalue weighted by atomic mass is 9.88. The molecule has 1 rings (SSSR count). The fourth-order valence-electron chi connectivity index (χ4n) is 3.14. The van der Waals surface area contributed by atoms with Gasteiger partial charge in [0.2, 0.25) is 0 Å². The number of unbranched alkanes of at least 4 members (excludes halogenated alkanes) is 5. The van der Waals surface area contributed by atoms with Gasteiger partial charge in [-0.25, -0.2) is 0 Å². The van der Waals surface area contributed by atoms with E-state index in [1.54, 1.807) is 6.08 Å². The van der Waals surface area contributed by atoms with E-state index in [0.717, 1.165) is 51.4 Å². The molecular weight excluding hydrogens is 304 g/mol. The van der Waals surface area contributed by atoms with Crippen LogP contribution in [0.4, 0.5) is 0 Å². The van der Waals surface area contributed by atoms with Crippen LogP contribution in [0.3, 0.4) is 0 Å². The van der Waals surface area contributed by atoms with Crippen molar-refractivity contribution in [1.82, 2.24) is 0 Å². The van der Waals surface area contributed by atoms with E-state index in [1.807, 2.05) is 18.2 Å². The molecule has 4 heteroatoms. The first-order valence-corrected chi connectivity index (χ1v) is 9.34. The molecule has 0 amide bonds. The predicted molar refractivity (Wildman–Crippen MR) is 95.8 cm³/mol. The Morgan fingerprint density at radius 3 is 2.67 bits per heavy atom. The van der Waals surface area contributed by atoms with Crippen LogP contribution in [-0.2, 0) is 9.59 Å². The second kappa shape index (κ2) is 12.0. The minimum atomic E-state index is -0.743. The quantitative estimate of drug-likeness (QED) is 0.389. The van der Waals surface area contributed by atoms with Crippen LogP contribution in [0.1, 0.15) is 71.1 Å². The Morgan fingerprint density at radius 1 is 1.21 bits per heavy atom. The van der Waals surface area contributed by atoms with Crippen molar-refractivity contribution >= 4 is 11.8 Å². The van der Waals surface area contributed by atoms with Crippen LogP contribution >= 0.6 is 0 Å². The van der Waals surface area contributed by atoms with E-state index in [2.05, 4.69) is 6.92 Å². The van der Waals surface area contributed by atoms with Gasteiger partial charge in [-0.15, -0.1) is 0 Å². The number of aliphatic carboxylic acids is 1. The van der Waals surface area contributed by atoms with E-state index in [9.17, 15) is 14.7 Å². The summed E-state index contributed by atoms with van der Waals surface area (Å²) in [6.07, 6.45) is 15.7. The average Bonchev–Trinajstić information content (AvgIpc) is 2.89. The molecule has 0 saturated heterocycles. The molecule has 0 radical (unpaired) electrons. The molecule has 0 heterocycles. The van der Waals surface area contributed by atoms with E-state index in [0.29, 0.717) is 6.42 Å². The monoisotopic (exact) mass is 336 g/mol. The Morgan fingerprint density at radius 2 is 1.96 bits per heavy atom. The number of carbonyl (C=O) groups excluding carboxylic acids is 1. The number of hydrogen-bond donors (Lipinski definition) is 2. The molecule has 2 N–H and O–H groups in total. The molecule has 0 bridgehead atoms. The van der Waals surface area contributed by atoms with Gasteiger partial charge in [-0.2, -0.15) is 0 Å². The maximum absolute atomic E-state index is 12.0. The highest BCUT2D eigenvalue weighted by molar-refractivity contribution is 5.94. The van der Waals surface area contributed by atoms with Crippen LogP contribution < -0.4 is 0 Å². The van der Waals surface area contributed by atoms with E-state index in [4.69, 9.17) is 5.11 Å². The number of carboxylic acids is 1. The number of ketones is 1. The van der Waals surface area contributed by atoms with Crippen molar-refractivity contribution in [3.05, 3.63) is 24.3 Å². The number of aliphatic hydroxyl groups is 1. The van der Waals surface area contributed by atoms with Gasteiger partial charge in [0, 0.05) is 18.3 Å². The van der Waals surface area contributed by atoms with Crippen molar-refractivity contribution in [2.75, 3.05) is 0 Å². The number of allylic oxidation sites excluding steroid dienone is 3. The summed E-state index contributed by atoms with van der Waals surface area (Å²) < 4.78 is 0. The van der Waals surface area contributed by atoms with Gasteiger partial charge in [-0.05, 0) is 25.3 Å². The zero-order valence-corrected chi connectivity index (χ0v) is 14.8. The minimum Gasteiger partial charge on any atom is -0.481 e. The maximum Gasteiger partial charge on any atom is 0.303 e. The van der Waals surface area contributed by atoms with E-state index < -0.39 is 12.1 Å². The molecule has 0 aromatic rings. The number of rotatable bonds is 13. The molecule has 24 heavy (non-hydrogen) atoms. The SMILES string of the molecule is CCCCC[C@@H](O)/C=C/[C@@H]1C=CC(=O)[C@@H]1CCCCCCC(=O)O. The first kappa shape index (κ1) is 20.6. The van der Waals surface area contributed by atoms with Gasteiger partial charge in [-0.3, -0.25) is 9.59 Å². The van der Waals surface area contributed by atoms with E-state index in [-0.39, 0.29) is 24.0 Å². The van der Waals surface area contributed by atoms with Crippen LogP contribution in [0.15, 0.2) is 24.3 Å². The summed E-state index contributed by atoms with van der Waals surface area (Å²) in [7, 11) is 0. The number of carboxylic acid groups (broad SMARTS) is 1. The first-order valence-electron chi connectivity index (χ1n) is 9.34. The lowest BCUT2D eigenvalue weighted by Crippen LogP contribution is -2.15. The maximum atomic E-state index is 12.0. The molecule has 136 valence electrons. The first-order chi connectivity index (χ1) is 11.5. The van der Waals surface area contributed by atoms with Crippen molar-refractivity contribution in [2.45, 2.75) is 77.2 Å². The molecule has 0 spiro atoms. The Labute approximate surface area is 145 Å². The smallest absolute Gasteiger partial charge is 0.303 e. The van der Waals surface area contributed by atoms with Crippen LogP contribution in [-0.4, -0.2) is 28.1 Å². The summed E-state index contributed by atoms with van der Waals surface area (Å²) in [6, 6.07) is 0. The largest absolute Gasteiger partial charge is 0.481 e. The highest BCUT2D eigenvalue weighted by Crippen LogP contribution is 2.29. The van der Waals surface area contributed by atoms with Crippen molar-refractivity contribution in [1.29, 1.82) is 0 Å². The topological polar surface area (TPSA) is 74.6 Å². The summed E-state index contributed by atoms with van der Waals surface area (Å²) in [6.45, 7) is 2.14. The van der Waals surface area contributed by atoms with E-state index >= 15 is 0 Å². The third-order valence-corrected chi connectivity index (χ3v) is 4.63. The number of hydrogen-bond acceptors (Lipinski definition) is 3. The third-order valence-electron chi connectivity index (χ3n) is 4.63. The standard InChI is InChI=1S/C20H32O4/c1-2-3-6-9-17(21)14-12-16-13-15-19(22)18(16)10-7-4-5-8-11-20(23)24/h12-18,21H,2-11H2,1H3,(H,23,24)/b14-12+/t16-,17-,18-/m1/s1. The molecule has 0 aliphatic heterocycles. The predicted octanol–water partition coefficient (Wildman–Crippen LogP) is 4.28. The van der Waals surface area contributed by atoms with Crippen molar-refractivity contribution < 1.29 is 19.8 Å².